The van der Waals surface area contributed by atoms with E-state index in [2.05, 4.69) is 16.7 Å². The van der Waals surface area contributed by atoms with E-state index in [1.165, 1.54) is 24.6 Å². The summed E-state index contributed by atoms with van der Waals surface area (Å²) >= 11 is 0. The maximum Gasteiger partial charge on any atom is 0.573 e. The Morgan fingerprint density at radius 1 is 1.26 bits per heavy atom. The molecule has 0 saturated carbocycles. The first-order chi connectivity index (χ1) is 10.7. The van der Waals surface area contributed by atoms with Gasteiger partial charge in [0.25, 0.3) is 0 Å². The zero-order chi connectivity index (χ0) is 16.7. The number of halogens is 3. The fourth-order valence-electron chi connectivity index (χ4n) is 4.12. The van der Waals surface area contributed by atoms with Crippen molar-refractivity contribution in [2.75, 3.05) is 7.05 Å². The van der Waals surface area contributed by atoms with Crippen LogP contribution in [-0.4, -0.2) is 41.1 Å². The Kier molecular flexibility index (Phi) is 4.31. The maximum atomic E-state index is 12.3. The van der Waals surface area contributed by atoms with Crippen molar-refractivity contribution in [1.29, 1.82) is 0 Å². The first kappa shape index (κ1) is 16.6. The molecule has 0 amide bonds. The lowest BCUT2D eigenvalue weighted by atomic mass is 9.73. The molecule has 1 N–H and O–H groups in total. The van der Waals surface area contributed by atoms with Crippen LogP contribution < -0.4 is 4.74 Å². The average molecular weight is 329 g/mol. The first-order valence-electron chi connectivity index (χ1n) is 8.03. The molecule has 2 unspecified atom stereocenters. The third-order valence-electron chi connectivity index (χ3n) is 5.12. The van der Waals surface area contributed by atoms with Gasteiger partial charge in [-0.05, 0) is 50.4 Å². The second-order valence-corrected chi connectivity index (χ2v) is 6.91. The maximum absolute atomic E-state index is 12.3. The molecule has 0 aromatic heterocycles. The Morgan fingerprint density at radius 2 is 1.91 bits per heavy atom. The molecular formula is C17H22F3NO2. The van der Waals surface area contributed by atoms with Crippen LogP contribution in [0, 0.1) is 0 Å². The molecule has 2 aliphatic rings. The summed E-state index contributed by atoms with van der Waals surface area (Å²) in [6, 6.07) is 6.67. The second-order valence-electron chi connectivity index (χ2n) is 6.91. The third-order valence-corrected chi connectivity index (χ3v) is 5.12. The van der Waals surface area contributed by atoms with Crippen molar-refractivity contribution in [3.63, 3.8) is 0 Å². The fourth-order valence-corrected chi connectivity index (χ4v) is 4.12. The van der Waals surface area contributed by atoms with Crippen molar-refractivity contribution < 1.29 is 23.0 Å². The van der Waals surface area contributed by atoms with E-state index in [1.807, 2.05) is 0 Å². The number of hydrogen-bond donors (Lipinski definition) is 1. The van der Waals surface area contributed by atoms with E-state index in [1.54, 1.807) is 6.07 Å². The van der Waals surface area contributed by atoms with Crippen LogP contribution in [0.1, 0.15) is 37.7 Å². The van der Waals surface area contributed by atoms with Crippen LogP contribution in [0.25, 0.3) is 0 Å². The van der Waals surface area contributed by atoms with Crippen molar-refractivity contribution in [3.8, 4) is 5.75 Å². The predicted octanol–water partition coefficient (Wildman–Crippen LogP) is 3.51. The van der Waals surface area contributed by atoms with E-state index in [-0.39, 0.29) is 5.75 Å². The van der Waals surface area contributed by atoms with Crippen molar-refractivity contribution >= 4 is 0 Å². The third kappa shape index (κ3) is 3.98. The van der Waals surface area contributed by atoms with E-state index in [4.69, 9.17) is 0 Å². The van der Waals surface area contributed by atoms with Crippen LogP contribution in [0.15, 0.2) is 24.3 Å². The minimum Gasteiger partial charge on any atom is -0.406 e. The Hall–Kier alpha value is -1.27. The molecule has 128 valence electrons. The number of ether oxygens (including phenoxy) is 1. The molecule has 0 aliphatic carbocycles. The molecule has 23 heavy (non-hydrogen) atoms. The summed E-state index contributed by atoms with van der Waals surface area (Å²) in [5, 5.41) is 11.0. The monoisotopic (exact) mass is 329 g/mol. The highest BCUT2D eigenvalue weighted by Crippen LogP contribution is 2.40. The Balaban J connectivity index is 1.72. The highest BCUT2D eigenvalue weighted by Gasteiger charge is 2.43. The average Bonchev–Trinajstić information content (AvgIpc) is 2.39. The summed E-state index contributed by atoms with van der Waals surface area (Å²) in [4.78, 5) is 2.35. The molecule has 3 rings (SSSR count). The Labute approximate surface area is 134 Å². The number of hydrogen-bond acceptors (Lipinski definition) is 3. The smallest absolute Gasteiger partial charge is 0.406 e. The minimum absolute atomic E-state index is 0.230. The van der Waals surface area contributed by atoms with Gasteiger partial charge in [-0.1, -0.05) is 18.6 Å². The molecule has 2 bridgehead atoms. The lowest BCUT2D eigenvalue weighted by Crippen LogP contribution is -2.57. The Morgan fingerprint density at radius 3 is 2.52 bits per heavy atom. The van der Waals surface area contributed by atoms with Gasteiger partial charge in [0.2, 0.25) is 0 Å². The summed E-state index contributed by atoms with van der Waals surface area (Å²) < 4.78 is 41.0. The van der Waals surface area contributed by atoms with Gasteiger partial charge in [-0.3, -0.25) is 0 Å². The molecule has 0 radical (unpaired) electrons. The van der Waals surface area contributed by atoms with Gasteiger partial charge in [0.05, 0.1) is 5.60 Å². The highest BCUT2D eigenvalue weighted by molar-refractivity contribution is 5.30. The van der Waals surface area contributed by atoms with E-state index in [0.29, 0.717) is 36.9 Å². The summed E-state index contributed by atoms with van der Waals surface area (Å²) in [6.07, 6.45) is 0.349. The van der Waals surface area contributed by atoms with E-state index >= 15 is 0 Å². The molecule has 3 nitrogen and oxygen atoms in total. The van der Waals surface area contributed by atoms with Crippen LogP contribution in [0.3, 0.4) is 0 Å². The standard InChI is InChI=1S/C17H22F3NO2/c1-21-13-5-3-6-14(21)11-16(22,10-13)9-12-4-2-7-15(8-12)23-17(18,19)20/h2,4,7-8,13-14,22H,3,5-6,9-11H2,1H3. The zero-order valence-electron chi connectivity index (χ0n) is 13.1. The molecule has 2 aliphatic heterocycles. The van der Waals surface area contributed by atoms with E-state index in [0.717, 1.165) is 12.8 Å². The number of piperidine rings is 2. The van der Waals surface area contributed by atoms with Crippen LogP contribution in [0.4, 0.5) is 13.2 Å². The van der Waals surface area contributed by atoms with Crippen LogP contribution in [0.2, 0.25) is 0 Å². The summed E-state index contributed by atoms with van der Waals surface area (Å²) in [5.41, 5.74) is -0.170. The molecule has 0 spiro atoms. The lowest BCUT2D eigenvalue weighted by Gasteiger charge is -2.50. The minimum atomic E-state index is -4.69. The van der Waals surface area contributed by atoms with E-state index in [9.17, 15) is 18.3 Å². The molecule has 1 aromatic rings. The summed E-state index contributed by atoms with van der Waals surface area (Å²) in [7, 11) is 2.10. The Bertz CT molecular complexity index is 547. The normalized spacial score (nSPS) is 31.9. The predicted molar refractivity (Wildman–Crippen MR) is 80.2 cm³/mol. The molecule has 2 fully saturated rings. The topological polar surface area (TPSA) is 32.7 Å². The number of fused-ring (bicyclic) bond motifs is 2. The number of aliphatic hydroxyl groups is 1. The number of nitrogens with zero attached hydrogens (tertiary/aromatic N) is 1. The number of alkyl halides is 3. The van der Waals surface area contributed by atoms with Gasteiger partial charge in [-0.15, -0.1) is 13.2 Å². The number of rotatable bonds is 3. The number of benzene rings is 1. The van der Waals surface area contributed by atoms with Crippen LogP contribution in [-0.2, 0) is 6.42 Å². The zero-order valence-corrected chi connectivity index (χ0v) is 13.1. The fraction of sp³-hybridized carbons (Fsp3) is 0.647. The second kappa shape index (κ2) is 5.98. The van der Waals surface area contributed by atoms with Crippen molar-refractivity contribution in [2.45, 2.75) is 62.6 Å². The highest BCUT2D eigenvalue weighted by atomic mass is 19.4. The van der Waals surface area contributed by atoms with Gasteiger partial charge >= 0.3 is 6.36 Å². The molecule has 2 atom stereocenters. The van der Waals surface area contributed by atoms with Gasteiger partial charge < -0.3 is 14.7 Å². The molecule has 6 heteroatoms. The lowest BCUT2D eigenvalue weighted by molar-refractivity contribution is -0.274. The van der Waals surface area contributed by atoms with Crippen LogP contribution >= 0.6 is 0 Å². The van der Waals surface area contributed by atoms with Gasteiger partial charge in [0, 0.05) is 18.5 Å². The van der Waals surface area contributed by atoms with E-state index < -0.39 is 12.0 Å². The molecule has 1 aromatic carbocycles. The summed E-state index contributed by atoms with van der Waals surface area (Å²) in [5.74, 6) is -0.230. The van der Waals surface area contributed by atoms with Crippen molar-refractivity contribution in [3.05, 3.63) is 29.8 Å². The van der Waals surface area contributed by atoms with Crippen molar-refractivity contribution in [2.24, 2.45) is 0 Å². The quantitative estimate of drug-likeness (QED) is 0.921. The molecular weight excluding hydrogens is 307 g/mol. The van der Waals surface area contributed by atoms with Crippen molar-refractivity contribution in [1.82, 2.24) is 4.90 Å². The summed E-state index contributed by atoms with van der Waals surface area (Å²) in [6.45, 7) is 0. The van der Waals surface area contributed by atoms with Gasteiger partial charge in [-0.25, -0.2) is 0 Å². The SMILES string of the molecule is CN1C2CCCC1CC(O)(Cc1cccc(OC(F)(F)F)c1)C2. The van der Waals surface area contributed by atoms with Gasteiger partial charge in [-0.2, -0.15) is 0 Å². The largest absolute Gasteiger partial charge is 0.573 e. The molecule has 2 heterocycles. The van der Waals surface area contributed by atoms with Crippen LogP contribution in [0.5, 0.6) is 5.75 Å². The molecule has 2 saturated heterocycles. The van der Waals surface area contributed by atoms with Gasteiger partial charge in [0.15, 0.2) is 0 Å². The first-order valence-corrected chi connectivity index (χ1v) is 8.03. The van der Waals surface area contributed by atoms with Gasteiger partial charge in [0.1, 0.15) is 5.75 Å².